The number of unbranched alkanes of at least 4 members (excludes halogenated alkanes) is 2. The minimum absolute atomic E-state index is 0.266. The summed E-state index contributed by atoms with van der Waals surface area (Å²) in [7, 11) is 1.84. The second-order valence-electron chi connectivity index (χ2n) is 6.51. The molecule has 3 heteroatoms. The van der Waals surface area contributed by atoms with Crippen LogP contribution < -0.4 is 5.32 Å². The van der Waals surface area contributed by atoms with Crippen LogP contribution in [0.4, 0.5) is 0 Å². The first kappa shape index (κ1) is 15.9. The predicted octanol–water partition coefficient (Wildman–Crippen LogP) is 2.66. The van der Waals surface area contributed by atoms with Gasteiger partial charge >= 0.3 is 0 Å². The highest BCUT2D eigenvalue weighted by atomic mass is 16.5. The number of ether oxygens (including phenoxy) is 1. The van der Waals surface area contributed by atoms with Crippen molar-refractivity contribution in [1.82, 2.24) is 10.2 Å². The molecule has 1 saturated heterocycles. The number of nitrogens with zero attached hydrogens (tertiary/aromatic N) is 1. The first-order chi connectivity index (χ1) is 8.51. The van der Waals surface area contributed by atoms with Crippen molar-refractivity contribution >= 4 is 0 Å². The maximum Gasteiger partial charge on any atom is 0.0595 e. The highest BCUT2D eigenvalue weighted by molar-refractivity contribution is 4.72. The zero-order valence-corrected chi connectivity index (χ0v) is 12.8. The summed E-state index contributed by atoms with van der Waals surface area (Å²) in [4.78, 5) is 2.59. The van der Waals surface area contributed by atoms with Crippen molar-refractivity contribution in [2.24, 2.45) is 0 Å². The maximum absolute atomic E-state index is 5.39. The minimum atomic E-state index is 0.266. The number of methoxy groups -OCH3 is 1. The van der Waals surface area contributed by atoms with Crippen molar-refractivity contribution in [3.05, 3.63) is 0 Å². The molecule has 0 atom stereocenters. The Morgan fingerprint density at radius 1 is 1.11 bits per heavy atom. The molecule has 1 rings (SSSR count). The highest BCUT2D eigenvalue weighted by Gasteiger charge is 2.17. The second-order valence-corrected chi connectivity index (χ2v) is 6.51. The van der Waals surface area contributed by atoms with Gasteiger partial charge in [-0.1, -0.05) is 6.42 Å². The monoisotopic (exact) mass is 256 g/mol. The third kappa shape index (κ3) is 7.34. The molecule has 1 aliphatic heterocycles. The molecule has 3 nitrogen and oxygen atoms in total. The van der Waals surface area contributed by atoms with Gasteiger partial charge in [0, 0.05) is 25.7 Å². The summed E-state index contributed by atoms with van der Waals surface area (Å²) in [6.07, 6.45) is 6.91. The number of nitrogens with one attached hydrogen (secondary N) is 1. The van der Waals surface area contributed by atoms with Crippen LogP contribution in [0.1, 0.15) is 52.9 Å². The molecule has 0 spiro atoms. The van der Waals surface area contributed by atoms with Crippen molar-refractivity contribution in [1.29, 1.82) is 0 Å². The third-order valence-electron chi connectivity index (χ3n) is 3.67. The van der Waals surface area contributed by atoms with Crippen molar-refractivity contribution in [3.63, 3.8) is 0 Å². The summed E-state index contributed by atoms with van der Waals surface area (Å²) in [6, 6.07) is 0. The van der Waals surface area contributed by atoms with Crippen LogP contribution in [0.3, 0.4) is 0 Å². The molecule has 0 aliphatic carbocycles. The van der Waals surface area contributed by atoms with Gasteiger partial charge in [-0.3, -0.25) is 0 Å². The lowest BCUT2D eigenvalue weighted by Gasteiger charge is -2.31. The van der Waals surface area contributed by atoms with Gasteiger partial charge in [0.15, 0.2) is 0 Å². The van der Waals surface area contributed by atoms with Gasteiger partial charge < -0.3 is 15.0 Å². The Kier molecular flexibility index (Phi) is 7.20. The van der Waals surface area contributed by atoms with Crippen LogP contribution in [0.5, 0.6) is 0 Å². The van der Waals surface area contributed by atoms with Gasteiger partial charge in [0.05, 0.1) is 6.10 Å². The van der Waals surface area contributed by atoms with Crippen molar-refractivity contribution in [2.75, 3.05) is 33.3 Å². The zero-order chi connectivity index (χ0) is 13.4. The van der Waals surface area contributed by atoms with Gasteiger partial charge in [-0.2, -0.15) is 0 Å². The van der Waals surface area contributed by atoms with Gasteiger partial charge in [0.2, 0.25) is 0 Å². The average Bonchev–Trinajstić information content (AvgIpc) is 2.33. The molecule has 0 bridgehead atoms. The molecule has 1 fully saturated rings. The standard InChI is InChI=1S/C15H32N2O/c1-15(2,3)16-10-6-5-7-11-17-12-8-14(18-4)9-13-17/h14,16H,5-13H2,1-4H3. The smallest absolute Gasteiger partial charge is 0.0595 e. The maximum atomic E-state index is 5.39. The van der Waals surface area contributed by atoms with E-state index in [1.165, 1.54) is 51.7 Å². The fourth-order valence-electron chi connectivity index (χ4n) is 2.47. The Balaban J connectivity index is 1.93. The molecule has 0 amide bonds. The molecule has 1 N–H and O–H groups in total. The molecule has 18 heavy (non-hydrogen) atoms. The Hall–Kier alpha value is -0.120. The molecular formula is C15H32N2O. The zero-order valence-electron chi connectivity index (χ0n) is 12.8. The normalized spacial score (nSPS) is 19.3. The van der Waals surface area contributed by atoms with E-state index in [9.17, 15) is 0 Å². The third-order valence-corrected chi connectivity index (χ3v) is 3.67. The average molecular weight is 256 g/mol. The molecule has 0 aromatic heterocycles. The van der Waals surface area contributed by atoms with Crippen molar-refractivity contribution in [3.8, 4) is 0 Å². The summed E-state index contributed by atoms with van der Waals surface area (Å²) >= 11 is 0. The van der Waals surface area contributed by atoms with Crippen molar-refractivity contribution < 1.29 is 4.74 Å². The second kappa shape index (κ2) is 8.13. The van der Waals surface area contributed by atoms with E-state index in [2.05, 4.69) is 31.0 Å². The van der Waals surface area contributed by atoms with E-state index >= 15 is 0 Å². The van der Waals surface area contributed by atoms with Gasteiger partial charge in [-0.15, -0.1) is 0 Å². The van der Waals surface area contributed by atoms with Crippen LogP contribution in [-0.2, 0) is 4.74 Å². The van der Waals surface area contributed by atoms with E-state index in [-0.39, 0.29) is 5.54 Å². The van der Waals surface area contributed by atoms with Crippen LogP contribution in [0.15, 0.2) is 0 Å². The Labute approximate surface area is 113 Å². The SMILES string of the molecule is COC1CCN(CCCCCNC(C)(C)C)CC1. The fraction of sp³-hybridized carbons (Fsp3) is 1.00. The summed E-state index contributed by atoms with van der Waals surface area (Å²) in [6.45, 7) is 11.5. The number of piperidine rings is 1. The lowest BCUT2D eigenvalue weighted by Crippen LogP contribution is -2.37. The predicted molar refractivity (Wildman–Crippen MR) is 78.1 cm³/mol. The Morgan fingerprint density at radius 2 is 1.78 bits per heavy atom. The first-order valence-corrected chi connectivity index (χ1v) is 7.51. The van der Waals surface area contributed by atoms with Gasteiger partial charge in [0.1, 0.15) is 0 Å². The van der Waals surface area contributed by atoms with Crippen LogP contribution in [0.2, 0.25) is 0 Å². The van der Waals surface area contributed by atoms with E-state index in [4.69, 9.17) is 4.74 Å². The molecule has 0 saturated carbocycles. The molecule has 0 radical (unpaired) electrons. The van der Waals surface area contributed by atoms with E-state index in [0.717, 1.165) is 6.54 Å². The first-order valence-electron chi connectivity index (χ1n) is 7.51. The largest absolute Gasteiger partial charge is 0.381 e. The van der Waals surface area contributed by atoms with Crippen LogP contribution >= 0.6 is 0 Å². The molecule has 1 aliphatic rings. The van der Waals surface area contributed by atoms with Gasteiger partial charge in [-0.25, -0.2) is 0 Å². The number of likely N-dealkylation sites (tertiary alicyclic amines) is 1. The molecule has 0 aromatic carbocycles. The van der Waals surface area contributed by atoms with Crippen LogP contribution in [-0.4, -0.2) is 49.8 Å². The number of hydrogen-bond donors (Lipinski definition) is 1. The number of hydrogen-bond acceptors (Lipinski definition) is 3. The van der Waals surface area contributed by atoms with Gasteiger partial charge in [0.25, 0.3) is 0 Å². The topological polar surface area (TPSA) is 24.5 Å². The molecule has 0 unspecified atom stereocenters. The lowest BCUT2D eigenvalue weighted by atomic mass is 10.1. The van der Waals surface area contributed by atoms with E-state index in [1.54, 1.807) is 0 Å². The lowest BCUT2D eigenvalue weighted by molar-refractivity contribution is 0.0407. The Bertz CT molecular complexity index is 205. The minimum Gasteiger partial charge on any atom is -0.381 e. The summed E-state index contributed by atoms with van der Waals surface area (Å²) in [5.41, 5.74) is 0.266. The van der Waals surface area contributed by atoms with E-state index < -0.39 is 0 Å². The summed E-state index contributed by atoms with van der Waals surface area (Å²) < 4.78 is 5.39. The summed E-state index contributed by atoms with van der Waals surface area (Å²) in [5, 5.41) is 3.54. The van der Waals surface area contributed by atoms with Gasteiger partial charge in [-0.05, 0) is 59.5 Å². The molecular weight excluding hydrogens is 224 g/mol. The molecule has 108 valence electrons. The van der Waals surface area contributed by atoms with E-state index in [0.29, 0.717) is 6.10 Å². The Morgan fingerprint density at radius 3 is 2.33 bits per heavy atom. The van der Waals surface area contributed by atoms with E-state index in [1.807, 2.05) is 7.11 Å². The number of rotatable bonds is 7. The quantitative estimate of drug-likeness (QED) is 0.709. The molecule has 1 heterocycles. The summed E-state index contributed by atoms with van der Waals surface area (Å²) in [5.74, 6) is 0. The van der Waals surface area contributed by atoms with Crippen LogP contribution in [0.25, 0.3) is 0 Å². The fourth-order valence-corrected chi connectivity index (χ4v) is 2.47. The molecule has 0 aromatic rings. The van der Waals surface area contributed by atoms with Crippen molar-refractivity contribution in [2.45, 2.75) is 64.5 Å². The highest BCUT2D eigenvalue weighted by Crippen LogP contribution is 2.13. The van der Waals surface area contributed by atoms with Crippen LogP contribution in [0, 0.1) is 0 Å².